The van der Waals surface area contributed by atoms with Crippen molar-refractivity contribution in [3.63, 3.8) is 0 Å². The lowest BCUT2D eigenvalue weighted by Crippen LogP contribution is -2.37. The third kappa shape index (κ3) is 17.4. The van der Waals surface area contributed by atoms with Crippen molar-refractivity contribution in [2.24, 2.45) is 0 Å². The molecule has 2 aliphatic heterocycles. The van der Waals surface area contributed by atoms with E-state index in [0.717, 1.165) is 0 Å². The molecule has 1 N–H and O–H groups in total. The minimum absolute atomic E-state index is 0.251. The zero-order valence-electron chi connectivity index (χ0n) is 116. The van der Waals surface area contributed by atoms with Gasteiger partial charge in [-0.1, -0.05) is 296 Å². The minimum atomic E-state index is -4.55. The number of aliphatic hydroxyl groups excluding tert-OH is 1. The first-order valence-electron chi connectivity index (χ1n) is 61.9. The molecule has 14 heteroatoms. The van der Waals surface area contributed by atoms with Crippen LogP contribution in [0.5, 0.6) is 57.5 Å². The summed E-state index contributed by atoms with van der Waals surface area (Å²) >= 11 is 11.3. The Kier molecular flexibility index (Phi) is 9.29. The summed E-state index contributed by atoms with van der Waals surface area (Å²) in [6.07, 6.45) is -14.0. The molecule has 13 aromatic rings. The first-order chi connectivity index (χ1) is 78.0. The first kappa shape index (κ1) is 28.7. The largest absolute Gasteiger partial charge is 0.488 e. The number of hydrogen-bond donors (Lipinski definition) is 1. The average Bonchev–Trinajstić information content (AvgIpc) is 0.699. The molecule has 0 aliphatic carbocycles. The van der Waals surface area contributed by atoms with Crippen molar-refractivity contribution in [3.8, 4) is 57.5 Å². The summed E-state index contributed by atoms with van der Waals surface area (Å²) in [5.74, 6) is -18.8. The second-order valence-corrected chi connectivity index (χ2v) is 22.3. The van der Waals surface area contributed by atoms with Crippen molar-refractivity contribution in [2.45, 2.75) is 95.8 Å². The predicted octanol–water partition coefficient (Wildman–Crippen LogP) is 21.6. The minimum Gasteiger partial charge on any atom is -0.488 e. The quantitative estimate of drug-likeness (QED) is 0.0461. The molecule has 0 saturated carbocycles. The Labute approximate surface area is 725 Å². The van der Waals surface area contributed by atoms with E-state index in [0.29, 0.717) is 36.4 Å². The summed E-state index contributed by atoms with van der Waals surface area (Å²) in [5.41, 5.74) is -20.3. The molecule has 0 radical (unpaired) electrons. The highest BCUT2D eigenvalue weighted by atomic mass is 79.9. The fourth-order valence-corrected chi connectivity index (χ4v) is 10.9. The van der Waals surface area contributed by atoms with E-state index in [1.165, 1.54) is 0 Å². The van der Waals surface area contributed by atoms with E-state index in [1.807, 2.05) is 0 Å². The van der Waals surface area contributed by atoms with Crippen molar-refractivity contribution < 1.29 is 144 Å². The van der Waals surface area contributed by atoms with Crippen LogP contribution in [0.3, 0.4) is 0 Å². The highest BCUT2D eigenvalue weighted by Crippen LogP contribution is 2.62. The van der Waals surface area contributed by atoms with Gasteiger partial charge < -0.3 is 57.2 Å². The Bertz CT molecular complexity index is 8580. The predicted molar refractivity (Wildman–Crippen MR) is 418 cm³/mol. The molecule has 5 atom stereocenters. The molecule has 2 heterocycles. The van der Waals surface area contributed by atoms with Gasteiger partial charge in [-0.2, -0.15) is 0 Å². The Morgan fingerprint density at radius 3 is 1.07 bits per heavy atom. The summed E-state index contributed by atoms with van der Waals surface area (Å²) < 4.78 is 643. The van der Waals surface area contributed by atoms with Gasteiger partial charge in [0.25, 0.3) is 0 Å². The molecule has 0 unspecified atom stereocenters. The van der Waals surface area contributed by atoms with Gasteiger partial charge in [0.15, 0.2) is 35.2 Å². The lowest BCUT2D eigenvalue weighted by molar-refractivity contribution is -0.0469. The summed E-state index contributed by atoms with van der Waals surface area (Å²) in [7, 11) is 0. The average molecular weight is 1570 g/mol. The third-order valence-corrected chi connectivity index (χ3v) is 15.7. The van der Waals surface area contributed by atoms with Crippen molar-refractivity contribution >= 4 is 27.5 Å². The fraction of sp³-hybridized carbons (Fsp3) is 0.161. The van der Waals surface area contributed by atoms with E-state index in [-0.39, 0.29) is 6.07 Å². The molecule has 0 spiro atoms. The van der Waals surface area contributed by atoms with Crippen molar-refractivity contribution in [1.29, 1.82) is 0 Å². The van der Waals surface area contributed by atoms with Crippen LogP contribution in [-0.2, 0) is 70.2 Å². The van der Waals surface area contributed by atoms with Gasteiger partial charge in [0.05, 0.1) is 98.8 Å². The maximum absolute atomic E-state index is 15.0. The van der Waals surface area contributed by atoms with Gasteiger partial charge >= 0.3 is 0 Å². The lowest BCUT2D eigenvalue weighted by atomic mass is 9.77. The first-order valence-corrected chi connectivity index (χ1v) is 31.6. The lowest BCUT2D eigenvalue weighted by Gasteiger charge is -2.41. The highest BCUT2D eigenvalue weighted by Gasteiger charge is 2.49. The smallest absolute Gasteiger partial charge is 0.162 e. The SMILES string of the molecule is [2H]c1c([2H])c([2H])c(C([2H])([2H])Oc2ccc([C@H]3Oc4c(Br)c(OC([2H])([2H])c5c([2H])c([2H])c([2H])c([2H])c5[2H])cc(OC([2H])([2H])c5c([2H])c([2H])c([2H])c([2H])c5[2H])c4[C@@H](c4c(OC([2H])([2H])c5c([2H])c([2H])c([2H])c([2H])c5[2H])c(Cl)c5c(c4OC([2H])([2H])c4c([2H])c([2H])c([2H])c([2H])c4[2H])C[C@H](OC([2H])([2H])c4c([2H])c([2H])c([2H])c([2H])c4[2H])[C@@H](c4ccc(OC([2H])([2H])c6c([2H])c([2H])c([2H])c([2H])c6[2H])c(OC([2H])([2H])c6c([2H])c([2H])c([2H])c([2H])c6[2H])c4)O5)[C@@H]3O)cc2OC([2H])([2H])c2c([2H])c([2H])c([2H])c([2H])c2[2H])c([2H])c1[2H]. The van der Waals surface area contributed by atoms with Crippen LogP contribution in [0.1, 0.15) is 182 Å². The van der Waals surface area contributed by atoms with Crippen LogP contribution in [0.2, 0.25) is 5.02 Å². The summed E-state index contributed by atoms with van der Waals surface area (Å²) in [5, 5.41) is 13.4. The monoisotopic (exact) mass is 1560 g/mol. The molecule has 0 saturated heterocycles. The number of halogens is 2. The van der Waals surface area contributed by atoms with Crippen LogP contribution in [-0.4, -0.2) is 17.3 Å². The molecule has 13 aromatic carbocycles. The molecular weight excluding hydrogens is 1420 g/mol. The highest BCUT2D eigenvalue weighted by molar-refractivity contribution is 9.10. The second-order valence-electron chi connectivity index (χ2n) is 21.2. The number of fused-ring (bicyclic) bond motifs is 2. The van der Waals surface area contributed by atoms with Gasteiger partial charge in [-0.15, -0.1) is 0 Å². The Balaban J connectivity index is 1.17. The van der Waals surface area contributed by atoms with E-state index in [9.17, 15) is 35.6 Å². The Morgan fingerprint density at radius 2 is 0.673 bits per heavy atom. The van der Waals surface area contributed by atoms with E-state index >= 15 is 5.11 Å². The number of benzene rings is 13. The number of aliphatic hydroxyl groups is 1. The van der Waals surface area contributed by atoms with Gasteiger partial charge in [-0.05, 0) is 101 Å². The molecule has 15 rings (SSSR count). The van der Waals surface area contributed by atoms with E-state index in [4.69, 9.17) is 114 Å². The third-order valence-electron chi connectivity index (χ3n) is 14.6. The molecule has 536 valence electrons. The number of hydrogen-bond acceptors (Lipinski definition) is 12. The normalized spacial score (nSPS) is 25.2. The zero-order valence-corrected chi connectivity index (χ0v) is 55.7. The molecule has 107 heavy (non-hydrogen) atoms. The molecule has 0 amide bonds. The van der Waals surface area contributed by atoms with Gasteiger partial charge in [-0.25, -0.2) is 0 Å². The Morgan fingerprint density at radius 1 is 0.355 bits per heavy atom. The van der Waals surface area contributed by atoms with Crippen LogP contribution in [0, 0.1) is 0 Å². The fourth-order valence-electron chi connectivity index (χ4n) is 10.1. The van der Waals surface area contributed by atoms with Crippen molar-refractivity contribution in [3.05, 3.63) is 402 Å². The molecule has 12 nitrogen and oxygen atoms in total. The van der Waals surface area contributed by atoms with E-state index < -0.39 is 513 Å². The Hall–Kier alpha value is -11.5. The van der Waals surface area contributed by atoms with Gasteiger partial charge in [-0.3, -0.25) is 0 Å². The maximum atomic E-state index is 15.0. The molecule has 0 fully saturated rings. The molecule has 0 bridgehead atoms. The van der Waals surface area contributed by atoms with Gasteiger partial charge in [0.1, 0.15) is 109 Å². The number of ether oxygens (including phenoxy) is 11. The van der Waals surface area contributed by atoms with Crippen LogP contribution in [0.15, 0.2) is 319 Å². The maximum Gasteiger partial charge on any atom is 0.162 e. The van der Waals surface area contributed by atoms with Gasteiger partial charge in [0, 0.05) is 29.2 Å². The topological polar surface area (TPSA) is 122 Å². The van der Waals surface area contributed by atoms with Crippen LogP contribution in [0.4, 0.5) is 0 Å². The molecular formula is C93H78BrClO12. The summed E-state index contributed by atoms with van der Waals surface area (Å²) in [4.78, 5) is 0. The summed E-state index contributed by atoms with van der Waals surface area (Å²) in [6.45, 7) is -37.5. The molecule has 0 aromatic heterocycles. The number of rotatable bonds is 30. The second kappa shape index (κ2) is 34.6. The van der Waals surface area contributed by atoms with E-state index in [2.05, 4.69) is 15.9 Å². The van der Waals surface area contributed by atoms with E-state index in [1.54, 1.807) is 0 Å². The standard InChI is InChI=1S/C93H78BrClO12/c94-85-80(102-59-68-38-20-6-21-39-68)53-79(101-58-67-36-18-5-19-37-67)82-83(87(96)89(107-92(82)85)73-47-49-76(98-55-64-30-12-2-13-31-64)78(51-73)100-57-66-34-16-4-17-35-66)84-90(104-61-70-42-24-8-25-43-70)74-52-81(103-60-69-40-22-7-23-41-69)88(106-91(74)86(95)93(84)105-62-71-44-26-9-27-45-71)72-46-48-75(97-54-63-28-10-1-11-29-63)77(50-72)99-56-65-32-14-3-15-33-65/h1-51,53,81,83,87-89,96H,52,54-62H2/t81-,83-,87-,88+,89+/m0/s1/i1D,2D,3D,4D,5D,6D,7D,8D,9D,10D,11D,12D,13D,14D,15D,16D,17D,18D,19D,20D,21D,22D,23D,24D,25D,26D,27D,28D,29D,30D,31D,32D,33D,34D,35D,36D,37D,38D,39D,40D,41D,42D,43D,44D,45D,54D2,55D2,56D2,57D2,58D2,59D2,60D2,61D2,62D2. The summed E-state index contributed by atoms with van der Waals surface area (Å²) in [6, 6.07) is -58.4. The van der Waals surface area contributed by atoms with Gasteiger partial charge in [0.2, 0.25) is 0 Å². The van der Waals surface area contributed by atoms with Crippen LogP contribution >= 0.6 is 27.5 Å². The van der Waals surface area contributed by atoms with Crippen molar-refractivity contribution in [1.82, 2.24) is 0 Å². The molecule has 2 aliphatic rings. The zero-order chi connectivity index (χ0) is 128. The van der Waals surface area contributed by atoms with Crippen LogP contribution in [0.25, 0.3) is 0 Å². The van der Waals surface area contributed by atoms with Crippen LogP contribution < -0.4 is 47.4 Å². The van der Waals surface area contributed by atoms with Crippen molar-refractivity contribution in [2.75, 3.05) is 0 Å².